The molecule has 30 heavy (non-hydrogen) atoms. The van der Waals surface area contributed by atoms with E-state index in [2.05, 4.69) is 43.6 Å². The monoisotopic (exact) mass is 471 g/mol. The van der Waals surface area contributed by atoms with Gasteiger partial charge in [-0.1, -0.05) is 28.1 Å². The molecule has 0 aromatic heterocycles. The smallest absolute Gasteiger partial charge is 0.257 e. The van der Waals surface area contributed by atoms with Crippen LogP contribution in [0, 0.1) is 11.8 Å². The molecule has 1 aliphatic heterocycles. The minimum atomic E-state index is -0.136. The lowest BCUT2D eigenvalue weighted by atomic mass is 10.1. The Morgan fingerprint density at radius 2 is 1.93 bits per heavy atom. The molecule has 1 atom stereocenters. The molecule has 2 aromatic carbocycles. The molecule has 2 aliphatic rings. The van der Waals surface area contributed by atoms with Gasteiger partial charge in [0.15, 0.2) is 6.61 Å². The van der Waals surface area contributed by atoms with Crippen LogP contribution in [0.4, 0.5) is 11.4 Å². The van der Waals surface area contributed by atoms with Crippen molar-refractivity contribution in [2.45, 2.75) is 19.3 Å². The second kappa shape index (κ2) is 9.51. The second-order valence-electron chi connectivity index (χ2n) is 7.96. The largest absolute Gasteiger partial charge is 0.484 e. The SMILES string of the molecule is O=C(COc1cccc(NC(=O)C2CC2)c1)NCC1CCN(c2cccc(Br)c2)C1. The fourth-order valence-corrected chi connectivity index (χ4v) is 4.01. The zero-order valence-electron chi connectivity index (χ0n) is 16.8. The van der Waals surface area contributed by atoms with Gasteiger partial charge in [0.2, 0.25) is 5.91 Å². The lowest BCUT2D eigenvalue weighted by molar-refractivity contribution is -0.123. The van der Waals surface area contributed by atoms with Gasteiger partial charge in [0.05, 0.1) is 0 Å². The molecular formula is C23H26BrN3O3. The Balaban J connectivity index is 1.19. The van der Waals surface area contributed by atoms with Crippen LogP contribution in [-0.4, -0.2) is 38.1 Å². The Morgan fingerprint density at radius 1 is 1.10 bits per heavy atom. The highest BCUT2D eigenvalue weighted by atomic mass is 79.9. The summed E-state index contributed by atoms with van der Waals surface area (Å²) in [6, 6.07) is 15.5. The molecule has 2 amide bonds. The molecular weight excluding hydrogens is 446 g/mol. The van der Waals surface area contributed by atoms with E-state index in [0.717, 1.165) is 36.8 Å². The molecule has 0 spiro atoms. The van der Waals surface area contributed by atoms with Gasteiger partial charge in [-0.3, -0.25) is 9.59 Å². The van der Waals surface area contributed by atoms with Crippen LogP contribution >= 0.6 is 15.9 Å². The summed E-state index contributed by atoms with van der Waals surface area (Å²) in [7, 11) is 0. The van der Waals surface area contributed by atoms with Crippen LogP contribution < -0.4 is 20.3 Å². The molecule has 0 radical (unpaired) electrons. The van der Waals surface area contributed by atoms with E-state index >= 15 is 0 Å². The standard InChI is InChI=1S/C23H26BrN3O3/c24-18-3-1-5-20(11-18)27-10-9-16(14-27)13-25-22(28)15-30-21-6-2-4-19(12-21)26-23(29)17-7-8-17/h1-6,11-12,16-17H,7-10,13-15H2,(H,25,28)(H,26,29). The van der Waals surface area contributed by atoms with E-state index in [1.807, 2.05) is 24.3 Å². The van der Waals surface area contributed by atoms with E-state index < -0.39 is 0 Å². The van der Waals surface area contributed by atoms with Gasteiger partial charge in [-0.15, -0.1) is 0 Å². The van der Waals surface area contributed by atoms with E-state index in [9.17, 15) is 9.59 Å². The van der Waals surface area contributed by atoms with Gasteiger partial charge >= 0.3 is 0 Å². The number of carbonyl (C=O) groups excluding carboxylic acids is 2. The van der Waals surface area contributed by atoms with Crippen molar-refractivity contribution in [1.29, 1.82) is 0 Å². The van der Waals surface area contributed by atoms with Crippen LogP contribution in [-0.2, 0) is 9.59 Å². The molecule has 1 saturated carbocycles. The van der Waals surface area contributed by atoms with Gasteiger partial charge in [0, 0.05) is 47.5 Å². The van der Waals surface area contributed by atoms with Gasteiger partial charge in [-0.05, 0) is 55.5 Å². The van der Waals surface area contributed by atoms with Crippen LogP contribution in [0.15, 0.2) is 53.0 Å². The first-order valence-corrected chi connectivity index (χ1v) is 11.2. The lowest BCUT2D eigenvalue weighted by Gasteiger charge is -2.19. The number of amides is 2. The Kier molecular flexibility index (Phi) is 6.57. The molecule has 2 fully saturated rings. The van der Waals surface area contributed by atoms with Crippen molar-refractivity contribution in [3.05, 3.63) is 53.0 Å². The Morgan fingerprint density at radius 3 is 2.73 bits per heavy atom. The third-order valence-electron chi connectivity index (χ3n) is 5.47. The minimum Gasteiger partial charge on any atom is -0.484 e. The lowest BCUT2D eigenvalue weighted by Crippen LogP contribution is -2.34. The highest BCUT2D eigenvalue weighted by molar-refractivity contribution is 9.10. The zero-order chi connectivity index (χ0) is 20.9. The molecule has 1 heterocycles. The highest BCUT2D eigenvalue weighted by Gasteiger charge is 2.29. The number of rotatable bonds is 8. The van der Waals surface area contributed by atoms with Gasteiger partial charge in [0.25, 0.3) is 5.91 Å². The first kappa shape index (κ1) is 20.7. The van der Waals surface area contributed by atoms with E-state index in [0.29, 0.717) is 23.9 Å². The maximum atomic E-state index is 12.2. The number of ether oxygens (including phenoxy) is 1. The summed E-state index contributed by atoms with van der Waals surface area (Å²) in [5, 5.41) is 5.87. The number of hydrogen-bond acceptors (Lipinski definition) is 4. The minimum absolute atomic E-state index is 0.0396. The predicted molar refractivity (Wildman–Crippen MR) is 121 cm³/mol. The Bertz CT molecular complexity index is 916. The average molecular weight is 472 g/mol. The van der Waals surface area contributed by atoms with Crippen molar-refractivity contribution >= 4 is 39.1 Å². The number of nitrogens with zero attached hydrogens (tertiary/aromatic N) is 1. The van der Waals surface area contributed by atoms with Crippen molar-refractivity contribution in [1.82, 2.24) is 5.32 Å². The topological polar surface area (TPSA) is 70.7 Å². The van der Waals surface area contributed by atoms with Gasteiger partial charge in [0.1, 0.15) is 5.75 Å². The van der Waals surface area contributed by atoms with Gasteiger partial charge in [-0.25, -0.2) is 0 Å². The number of carbonyl (C=O) groups is 2. The van der Waals surface area contributed by atoms with E-state index in [1.165, 1.54) is 5.69 Å². The first-order chi connectivity index (χ1) is 14.6. The third kappa shape index (κ3) is 5.75. The van der Waals surface area contributed by atoms with Crippen molar-refractivity contribution < 1.29 is 14.3 Å². The van der Waals surface area contributed by atoms with Crippen molar-refractivity contribution in [3.63, 3.8) is 0 Å². The van der Waals surface area contributed by atoms with Crippen LogP contribution in [0.2, 0.25) is 0 Å². The average Bonchev–Trinajstić information content (AvgIpc) is 3.49. The Labute approximate surface area is 185 Å². The van der Waals surface area contributed by atoms with Crippen LogP contribution in [0.1, 0.15) is 19.3 Å². The number of anilines is 2. The van der Waals surface area contributed by atoms with Crippen molar-refractivity contribution in [3.8, 4) is 5.75 Å². The summed E-state index contributed by atoms with van der Waals surface area (Å²) >= 11 is 3.52. The molecule has 0 bridgehead atoms. The summed E-state index contributed by atoms with van der Waals surface area (Å²) in [5.41, 5.74) is 1.90. The maximum absolute atomic E-state index is 12.2. The molecule has 2 N–H and O–H groups in total. The fourth-order valence-electron chi connectivity index (χ4n) is 3.62. The van der Waals surface area contributed by atoms with E-state index in [1.54, 1.807) is 12.1 Å². The number of benzene rings is 2. The van der Waals surface area contributed by atoms with Crippen molar-refractivity contribution in [2.75, 3.05) is 36.5 Å². The van der Waals surface area contributed by atoms with Gasteiger partial charge in [-0.2, -0.15) is 0 Å². The zero-order valence-corrected chi connectivity index (χ0v) is 18.4. The van der Waals surface area contributed by atoms with E-state index in [-0.39, 0.29) is 24.3 Å². The van der Waals surface area contributed by atoms with Crippen LogP contribution in [0.25, 0.3) is 0 Å². The summed E-state index contributed by atoms with van der Waals surface area (Å²) in [6.45, 7) is 2.53. The molecule has 7 heteroatoms. The van der Waals surface area contributed by atoms with E-state index in [4.69, 9.17) is 4.74 Å². The third-order valence-corrected chi connectivity index (χ3v) is 5.96. The number of nitrogens with one attached hydrogen (secondary N) is 2. The van der Waals surface area contributed by atoms with Crippen LogP contribution in [0.5, 0.6) is 5.75 Å². The summed E-state index contributed by atoms with van der Waals surface area (Å²) in [6.07, 6.45) is 2.98. The number of halogens is 1. The van der Waals surface area contributed by atoms with Crippen molar-refractivity contribution in [2.24, 2.45) is 11.8 Å². The molecule has 1 aliphatic carbocycles. The summed E-state index contributed by atoms with van der Waals surface area (Å²) in [5.74, 6) is 1.06. The summed E-state index contributed by atoms with van der Waals surface area (Å²) < 4.78 is 6.68. The van der Waals surface area contributed by atoms with Crippen LogP contribution in [0.3, 0.4) is 0 Å². The highest BCUT2D eigenvalue weighted by Crippen LogP contribution is 2.30. The molecule has 1 unspecified atom stereocenters. The van der Waals surface area contributed by atoms with Gasteiger partial charge < -0.3 is 20.3 Å². The first-order valence-electron chi connectivity index (χ1n) is 10.4. The Hall–Kier alpha value is -2.54. The molecule has 6 nitrogen and oxygen atoms in total. The fraction of sp³-hybridized carbons (Fsp3) is 0.391. The molecule has 4 rings (SSSR count). The maximum Gasteiger partial charge on any atom is 0.257 e. The predicted octanol–water partition coefficient (Wildman–Crippen LogP) is 3.82. The quantitative estimate of drug-likeness (QED) is 0.613. The second-order valence-corrected chi connectivity index (χ2v) is 8.88. The summed E-state index contributed by atoms with van der Waals surface area (Å²) in [4.78, 5) is 26.4. The molecule has 2 aromatic rings. The normalized spacial score (nSPS) is 18.2. The molecule has 158 valence electrons. The molecule has 1 saturated heterocycles. The number of hydrogen-bond donors (Lipinski definition) is 2.